The molecule has 2 atom stereocenters. The molecule has 0 spiro atoms. The van der Waals surface area contributed by atoms with Crippen molar-refractivity contribution in [2.24, 2.45) is 0 Å². The van der Waals surface area contributed by atoms with Crippen LogP contribution >= 0.6 is 12.4 Å². The second kappa shape index (κ2) is 8.18. The van der Waals surface area contributed by atoms with E-state index >= 15 is 0 Å². The molecule has 2 unspecified atom stereocenters. The van der Waals surface area contributed by atoms with Gasteiger partial charge in [0.25, 0.3) is 0 Å². The third-order valence-electron chi connectivity index (χ3n) is 3.58. The fraction of sp³-hybridized carbons (Fsp3) is 0.533. The Morgan fingerprint density at radius 1 is 1.37 bits per heavy atom. The van der Waals surface area contributed by atoms with Crippen molar-refractivity contribution in [1.82, 2.24) is 10.6 Å². The van der Waals surface area contributed by atoms with E-state index in [9.17, 15) is 4.79 Å². The second-order valence-corrected chi connectivity index (χ2v) is 5.06. The van der Waals surface area contributed by atoms with Crippen molar-refractivity contribution >= 4 is 18.3 Å². The number of benzene rings is 1. The zero-order valence-electron chi connectivity index (χ0n) is 11.4. The molecule has 1 aromatic carbocycles. The Morgan fingerprint density at radius 2 is 2.11 bits per heavy atom. The summed E-state index contributed by atoms with van der Waals surface area (Å²) < 4.78 is 0. The Labute approximate surface area is 121 Å². The summed E-state index contributed by atoms with van der Waals surface area (Å²) in [6, 6.07) is 10.3. The van der Waals surface area contributed by atoms with Gasteiger partial charge in [-0.1, -0.05) is 43.7 Å². The van der Waals surface area contributed by atoms with E-state index in [0.717, 1.165) is 19.4 Å². The number of rotatable bonds is 4. The molecule has 1 aliphatic rings. The van der Waals surface area contributed by atoms with Crippen molar-refractivity contribution in [2.75, 3.05) is 13.1 Å². The Kier molecular flexibility index (Phi) is 6.89. The normalized spacial score (nSPS) is 20.2. The summed E-state index contributed by atoms with van der Waals surface area (Å²) in [5.41, 5.74) is 1.27. The van der Waals surface area contributed by atoms with Gasteiger partial charge in [0, 0.05) is 6.54 Å². The molecule has 1 amide bonds. The van der Waals surface area contributed by atoms with Crippen LogP contribution in [0.5, 0.6) is 0 Å². The van der Waals surface area contributed by atoms with Crippen LogP contribution in [0.15, 0.2) is 30.3 Å². The fourth-order valence-corrected chi connectivity index (χ4v) is 2.35. The van der Waals surface area contributed by atoms with Gasteiger partial charge in [-0.05, 0) is 30.9 Å². The number of carbonyl (C=O) groups is 1. The Morgan fingerprint density at radius 3 is 2.74 bits per heavy atom. The molecule has 1 aromatic rings. The first-order valence-corrected chi connectivity index (χ1v) is 6.83. The lowest BCUT2D eigenvalue weighted by Gasteiger charge is -2.23. The van der Waals surface area contributed by atoms with Crippen LogP contribution in [0, 0.1) is 0 Å². The third kappa shape index (κ3) is 4.84. The van der Waals surface area contributed by atoms with Crippen LogP contribution in [0.4, 0.5) is 0 Å². The zero-order valence-corrected chi connectivity index (χ0v) is 12.2. The van der Waals surface area contributed by atoms with Crippen molar-refractivity contribution in [3.63, 3.8) is 0 Å². The van der Waals surface area contributed by atoms with Gasteiger partial charge >= 0.3 is 0 Å². The van der Waals surface area contributed by atoms with E-state index in [1.807, 2.05) is 18.2 Å². The average Bonchev–Trinajstić information content (AvgIpc) is 2.46. The molecule has 3 nitrogen and oxygen atoms in total. The molecule has 1 saturated heterocycles. The first kappa shape index (κ1) is 16.0. The Balaban J connectivity index is 0.00000180. The summed E-state index contributed by atoms with van der Waals surface area (Å²) in [6.07, 6.45) is 3.30. The minimum Gasteiger partial charge on any atom is -0.354 e. The van der Waals surface area contributed by atoms with E-state index in [-0.39, 0.29) is 24.4 Å². The molecule has 1 aliphatic heterocycles. The van der Waals surface area contributed by atoms with E-state index in [2.05, 4.69) is 29.7 Å². The smallest absolute Gasteiger partial charge is 0.237 e. The van der Waals surface area contributed by atoms with Gasteiger partial charge in [0.15, 0.2) is 0 Å². The minimum atomic E-state index is 0. The lowest BCUT2D eigenvalue weighted by Crippen LogP contribution is -2.47. The number of amides is 1. The van der Waals surface area contributed by atoms with Crippen molar-refractivity contribution in [3.05, 3.63) is 35.9 Å². The van der Waals surface area contributed by atoms with E-state index < -0.39 is 0 Å². The highest BCUT2D eigenvalue weighted by molar-refractivity contribution is 5.85. The topological polar surface area (TPSA) is 41.1 Å². The van der Waals surface area contributed by atoms with Crippen molar-refractivity contribution in [3.8, 4) is 0 Å². The SMILES string of the molecule is CC(CNC(=O)C1CCCCN1)c1ccccc1.Cl. The summed E-state index contributed by atoms with van der Waals surface area (Å²) in [7, 11) is 0. The van der Waals surface area contributed by atoms with Crippen molar-refractivity contribution in [1.29, 1.82) is 0 Å². The highest BCUT2D eigenvalue weighted by atomic mass is 35.5. The maximum Gasteiger partial charge on any atom is 0.237 e. The number of nitrogens with one attached hydrogen (secondary N) is 2. The number of piperidine rings is 1. The number of hydrogen-bond acceptors (Lipinski definition) is 2. The average molecular weight is 283 g/mol. The Hall–Kier alpha value is -1.06. The van der Waals surface area contributed by atoms with Crippen LogP contribution in [0.1, 0.15) is 37.7 Å². The van der Waals surface area contributed by atoms with Crippen LogP contribution in [0.25, 0.3) is 0 Å². The molecule has 0 bridgehead atoms. The molecule has 2 rings (SSSR count). The first-order chi connectivity index (χ1) is 8.77. The predicted octanol–water partition coefficient (Wildman–Crippen LogP) is 2.47. The molecule has 0 saturated carbocycles. The molecular weight excluding hydrogens is 260 g/mol. The fourth-order valence-electron chi connectivity index (χ4n) is 2.35. The molecule has 0 aromatic heterocycles. The van der Waals surface area contributed by atoms with Crippen LogP contribution in [-0.4, -0.2) is 25.0 Å². The van der Waals surface area contributed by atoms with Gasteiger partial charge in [0.1, 0.15) is 0 Å². The molecule has 1 fully saturated rings. The first-order valence-electron chi connectivity index (χ1n) is 6.83. The zero-order chi connectivity index (χ0) is 12.8. The predicted molar refractivity (Wildman–Crippen MR) is 80.8 cm³/mol. The maximum absolute atomic E-state index is 12.0. The molecule has 0 radical (unpaired) electrons. The van der Waals surface area contributed by atoms with E-state index in [4.69, 9.17) is 0 Å². The monoisotopic (exact) mass is 282 g/mol. The summed E-state index contributed by atoms with van der Waals surface area (Å²) in [4.78, 5) is 12.0. The van der Waals surface area contributed by atoms with Crippen LogP contribution < -0.4 is 10.6 Å². The number of carbonyl (C=O) groups excluding carboxylic acids is 1. The quantitative estimate of drug-likeness (QED) is 0.891. The number of halogens is 1. The van der Waals surface area contributed by atoms with Crippen molar-refractivity contribution in [2.45, 2.75) is 38.1 Å². The summed E-state index contributed by atoms with van der Waals surface area (Å²) in [6.45, 7) is 3.82. The van der Waals surface area contributed by atoms with E-state index in [1.165, 1.54) is 12.0 Å². The minimum absolute atomic E-state index is 0. The molecule has 1 heterocycles. The highest BCUT2D eigenvalue weighted by Gasteiger charge is 2.20. The van der Waals surface area contributed by atoms with Crippen LogP contribution in [-0.2, 0) is 4.79 Å². The summed E-state index contributed by atoms with van der Waals surface area (Å²) >= 11 is 0. The van der Waals surface area contributed by atoms with Gasteiger partial charge in [-0.2, -0.15) is 0 Å². The van der Waals surface area contributed by atoms with Gasteiger partial charge in [0.05, 0.1) is 6.04 Å². The largest absolute Gasteiger partial charge is 0.354 e. The van der Waals surface area contributed by atoms with Gasteiger partial charge < -0.3 is 10.6 Å². The maximum atomic E-state index is 12.0. The standard InChI is InChI=1S/C15H22N2O.ClH/c1-12(13-7-3-2-4-8-13)11-17-15(18)14-9-5-6-10-16-14;/h2-4,7-8,12,14,16H,5-6,9-11H2,1H3,(H,17,18);1H. The molecule has 2 N–H and O–H groups in total. The van der Waals surface area contributed by atoms with E-state index in [1.54, 1.807) is 0 Å². The van der Waals surface area contributed by atoms with Gasteiger partial charge in [0.2, 0.25) is 5.91 Å². The molecular formula is C15H23ClN2O. The Bertz CT molecular complexity index is 377. The molecule has 4 heteroatoms. The van der Waals surface area contributed by atoms with Crippen LogP contribution in [0.2, 0.25) is 0 Å². The molecule has 106 valence electrons. The lowest BCUT2D eigenvalue weighted by molar-refractivity contribution is -0.123. The van der Waals surface area contributed by atoms with Crippen LogP contribution in [0.3, 0.4) is 0 Å². The van der Waals surface area contributed by atoms with Crippen molar-refractivity contribution < 1.29 is 4.79 Å². The third-order valence-corrected chi connectivity index (χ3v) is 3.58. The highest BCUT2D eigenvalue weighted by Crippen LogP contribution is 2.13. The second-order valence-electron chi connectivity index (χ2n) is 5.06. The van der Waals surface area contributed by atoms with Gasteiger partial charge in [-0.15, -0.1) is 12.4 Å². The lowest BCUT2D eigenvalue weighted by atomic mass is 10.0. The number of hydrogen-bond donors (Lipinski definition) is 2. The molecule has 0 aliphatic carbocycles. The van der Waals surface area contributed by atoms with Gasteiger partial charge in [-0.25, -0.2) is 0 Å². The van der Waals surface area contributed by atoms with Gasteiger partial charge in [-0.3, -0.25) is 4.79 Å². The van der Waals surface area contributed by atoms with E-state index in [0.29, 0.717) is 12.5 Å². The molecule has 19 heavy (non-hydrogen) atoms. The summed E-state index contributed by atoms with van der Waals surface area (Å²) in [5.74, 6) is 0.510. The summed E-state index contributed by atoms with van der Waals surface area (Å²) in [5, 5.41) is 6.32.